The van der Waals surface area contributed by atoms with Crippen LogP contribution in [0.1, 0.15) is 50.7 Å². The SMILES string of the molecule is CC(C)c1cccc(C(C)C)c1NC(=O)CSc1n[nH]c(=O)[nH]c1=O. The van der Waals surface area contributed by atoms with Crippen molar-refractivity contribution in [2.75, 3.05) is 11.1 Å². The number of carbonyl (C=O) groups is 1. The van der Waals surface area contributed by atoms with Gasteiger partial charge in [0.1, 0.15) is 0 Å². The van der Waals surface area contributed by atoms with Crippen LogP contribution in [0.2, 0.25) is 0 Å². The van der Waals surface area contributed by atoms with Crippen molar-refractivity contribution in [3.8, 4) is 0 Å². The molecule has 1 aromatic carbocycles. The summed E-state index contributed by atoms with van der Waals surface area (Å²) in [6, 6.07) is 6.01. The second-order valence-corrected chi connectivity index (χ2v) is 7.23. The monoisotopic (exact) mass is 362 g/mol. The molecule has 3 N–H and O–H groups in total. The molecule has 0 aliphatic rings. The molecule has 1 aromatic heterocycles. The molecule has 1 amide bonds. The van der Waals surface area contributed by atoms with E-state index in [0.717, 1.165) is 28.6 Å². The van der Waals surface area contributed by atoms with E-state index in [2.05, 4.69) is 48.2 Å². The summed E-state index contributed by atoms with van der Waals surface area (Å²) in [6.07, 6.45) is 0. The van der Waals surface area contributed by atoms with Crippen LogP contribution in [0.3, 0.4) is 0 Å². The number of thioether (sulfide) groups is 1. The quantitative estimate of drug-likeness (QED) is 0.684. The summed E-state index contributed by atoms with van der Waals surface area (Å²) in [7, 11) is 0. The fraction of sp³-hybridized carbons (Fsp3) is 0.412. The molecule has 0 radical (unpaired) electrons. The molecule has 0 bridgehead atoms. The van der Waals surface area contributed by atoms with Crippen molar-refractivity contribution in [2.24, 2.45) is 0 Å². The Bertz CT molecular complexity index is 844. The van der Waals surface area contributed by atoms with Crippen LogP contribution in [-0.2, 0) is 4.79 Å². The first-order valence-corrected chi connectivity index (χ1v) is 9.02. The van der Waals surface area contributed by atoms with Crippen LogP contribution in [0, 0.1) is 0 Å². The Hall–Kier alpha value is -2.35. The van der Waals surface area contributed by atoms with Gasteiger partial charge in [0.25, 0.3) is 5.56 Å². The number of benzene rings is 1. The van der Waals surface area contributed by atoms with E-state index < -0.39 is 11.2 Å². The van der Waals surface area contributed by atoms with Crippen LogP contribution in [0.15, 0.2) is 32.8 Å². The average Bonchev–Trinajstić information content (AvgIpc) is 2.53. The molecule has 0 aliphatic carbocycles. The van der Waals surface area contributed by atoms with Gasteiger partial charge in [-0.1, -0.05) is 57.7 Å². The van der Waals surface area contributed by atoms with Gasteiger partial charge in [-0.25, -0.2) is 9.89 Å². The largest absolute Gasteiger partial charge is 0.342 e. The topological polar surface area (TPSA) is 108 Å². The van der Waals surface area contributed by atoms with Crippen LogP contribution < -0.4 is 16.6 Å². The lowest BCUT2D eigenvalue weighted by molar-refractivity contribution is -0.113. The molecule has 1 heterocycles. The normalized spacial score (nSPS) is 11.1. The molecule has 25 heavy (non-hydrogen) atoms. The zero-order chi connectivity index (χ0) is 18.6. The summed E-state index contributed by atoms with van der Waals surface area (Å²) < 4.78 is 0. The van der Waals surface area contributed by atoms with Gasteiger partial charge in [-0.15, -0.1) is 0 Å². The molecule has 2 aromatic rings. The molecule has 0 fully saturated rings. The summed E-state index contributed by atoms with van der Waals surface area (Å²) in [4.78, 5) is 37.0. The number of nitrogens with zero attached hydrogens (tertiary/aromatic N) is 1. The number of aromatic nitrogens is 3. The lowest BCUT2D eigenvalue weighted by Crippen LogP contribution is -2.26. The minimum atomic E-state index is -0.675. The van der Waals surface area contributed by atoms with E-state index >= 15 is 0 Å². The van der Waals surface area contributed by atoms with Crippen LogP contribution in [0.5, 0.6) is 0 Å². The van der Waals surface area contributed by atoms with Gasteiger partial charge in [-0.2, -0.15) is 5.10 Å². The number of aromatic amines is 2. The van der Waals surface area contributed by atoms with E-state index in [0.29, 0.717) is 0 Å². The third kappa shape index (κ3) is 4.82. The standard InChI is InChI=1S/C17H22N4O3S/c1-9(2)11-6-5-7-12(10(3)4)14(11)18-13(22)8-25-16-15(23)19-17(24)21-20-16/h5-7,9-10H,8H2,1-4H3,(H,18,22)(H2,19,21,23,24). The highest BCUT2D eigenvalue weighted by molar-refractivity contribution is 7.99. The smallest absolute Gasteiger partial charge is 0.325 e. The first-order chi connectivity index (χ1) is 11.8. The van der Waals surface area contributed by atoms with Crippen molar-refractivity contribution in [2.45, 2.75) is 44.6 Å². The minimum absolute atomic E-state index is 0.0199. The molecule has 0 saturated carbocycles. The molecule has 0 spiro atoms. The zero-order valence-electron chi connectivity index (χ0n) is 14.7. The van der Waals surface area contributed by atoms with Crippen molar-refractivity contribution < 1.29 is 4.79 Å². The second-order valence-electron chi connectivity index (χ2n) is 6.27. The van der Waals surface area contributed by atoms with E-state index in [9.17, 15) is 14.4 Å². The number of carbonyl (C=O) groups excluding carboxylic acids is 1. The fourth-order valence-corrected chi connectivity index (χ4v) is 3.07. The number of nitrogens with one attached hydrogen (secondary N) is 3. The van der Waals surface area contributed by atoms with Gasteiger partial charge < -0.3 is 5.32 Å². The van der Waals surface area contributed by atoms with Crippen LogP contribution >= 0.6 is 11.8 Å². The Morgan fingerprint density at radius 1 is 1.16 bits per heavy atom. The number of hydrogen-bond donors (Lipinski definition) is 3. The maximum Gasteiger partial charge on any atom is 0.342 e. The second kappa shape index (κ2) is 8.15. The van der Waals surface area contributed by atoms with Crippen molar-refractivity contribution in [3.63, 3.8) is 0 Å². The Morgan fingerprint density at radius 2 is 1.76 bits per heavy atom. The molecule has 0 saturated heterocycles. The van der Waals surface area contributed by atoms with E-state index in [1.165, 1.54) is 0 Å². The number of rotatable bonds is 6. The molecule has 0 aliphatic heterocycles. The first-order valence-electron chi connectivity index (χ1n) is 8.04. The van der Waals surface area contributed by atoms with Gasteiger partial charge in [-0.3, -0.25) is 14.6 Å². The Balaban J connectivity index is 2.17. The number of amides is 1. The zero-order valence-corrected chi connectivity index (χ0v) is 15.5. The van der Waals surface area contributed by atoms with Crippen molar-refractivity contribution in [1.29, 1.82) is 0 Å². The van der Waals surface area contributed by atoms with Crippen LogP contribution in [0.25, 0.3) is 0 Å². The molecular formula is C17H22N4O3S. The molecule has 2 rings (SSSR count). The Morgan fingerprint density at radius 3 is 2.28 bits per heavy atom. The molecule has 134 valence electrons. The summed E-state index contributed by atoms with van der Waals surface area (Å²) in [5.74, 6) is 0.328. The van der Waals surface area contributed by atoms with E-state index in [1.807, 2.05) is 18.2 Å². The molecule has 0 atom stereocenters. The summed E-state index contributed by atoms with van der Waals surface area (Å²) >= 11 is 0.975. The number of H-pyrrole nitrogens is 2. The van der Waals surface area contributed by atoms with Crippen LogP contribution in [0.4, 0.5) is 5.69 Å². The van der Waals surface area contributed by atoms with E-state index in [-0.39, 0.29) is 28.5 Å². The Kier molecular flexibility index (Phi) is 6.19. The van der Waals surface area contributed by atoms with E-state index in [4.69, 9.17) is 0 Å². The van der Waals surface area contributed by atoms with Gasteiger partial charge in [0.05, 0.1) is 5.75 Å². The molecule has 7 nitrogen and oxygen atoms in total. The Labute approximate surface area is 149 Å². The molecular weight excluding hydrogens is 340 g/mol. The summed E-state index contributed by atoms with van der Waals surface area (Å²) in [5.41, 5.74) is 1.70. The van der Waals surface area contributed by atoms with Gasteiger partial charge in [0, 0.05) is 5.69 Å². The minimum Gasteiger partial charge on any atom is -0.325 e. The van der Waals surface area contributed by atoms with E-state index in [1.54, 1.807) is 0 Å². The first kappa shape index (κ1) is 19.0. The maximum absolute atomic E-state index is 12.4. The van der Waals surface area contributed by atoms with Gasteiger partial charge in [0.2, 0.25) is 5.91 Å². The lowest BCUT2D eigenvalue weighted by atomic mass is 9.92. The third-order valence-electron chi connectivity index (χ3n) is 3.66. The number of para-hydroxylation sites is 1. The van der Waals surface area contributed by atoms with Gasteiger partial charge in [0.15, 0.2) is 5.03 Å². The summed E-state index contributed by atoms with van der Waals surface area (Å²) in [6.45, 7) is 8.31. The highest BCUT2D eigenvalue weighted by Crippen LogP contribution is 2.32. The number of hydrogen-bond acceptors (Lipinski definition) is 5. The van der Waals surface area contributed by atoms with Gasteiger partial charge in [-0.05, 0) is 23.0 Å². The predicted molar refractivity (Wildman–Crippen MR) is 99.5 cm³/mol. The van der Waals surface area contributed by atoms with Gasteiger partial charge >= 0.3 is 5.69 Å². The molecule has 0 unspecified atom stereocenters. The van der Waals surface area contributed by atoms with Crippen LogP contribution in [-0.4, -0.2) is 26.8 Å². The highest BCUT2D eigenvalue weighted by atomic mass is 32.2. The maximum atomic E-state index is 12.4. The number of anilines is 1. The average molecular weight is 362 g/mol. The fourth-order valence-electron chi connectivity index (χ4n) is 2.44. The van der Waals surface area contributed by atoms with Crippen molar-refractivity contribution in [3.05, 3.63) is 50.2 Å². The molecule has 8 heteroatoms. The predicted octanol–water partition coefficient (Wildman–Crippen LogP) is 2.44. The lowest BCUT2D eigenvalue weighted by Gasteiger charge is -2.20. The van der Waals surface area contributed by atoms with Crippen molar-refractivity contribution >= 4 is 23.4 Å². The summed E-state index contributed by atoms with van der Waals surface area (Å²) in [5, 5.41) is 8.82. The van der Waals surface area contributed by atoms with Crippen molar-refractivity contribution in [1.82, 2.24) is 15.2 Å². The highest BCUT2D eigenvalue weighted by Gasteiger charge is 2.16. The third-order valence-corrected chi connectivity index (χ3v) is 4.61.